The van der Waals surface area contributed by atoms with E-state index in [0.717, 1.165) is 0 Å². The number of benzene rings is 2. The van der Waals surface area contributed by atoms with Crippen molar-refractivity contribution in [2.45, 2.75) is 12.2 Å². The van der Waals surface area contributed by atoms with Crippen molar-refractivity contribution < 1.29 is 24.1 Å². The second-order valence-corrected chi connectivity index (χ2v) is 6.09. The number of hydrogen-bond acceptors (Lipinski definition) is 6. The third kappa shape index (κ3) is 1.53. The fourth-order valence-electron chi connectivity index (χ4n) is 3.29. The van der Waals surface area contributed by atoms with Crippen LogP contribution in [0.2, 0.25) is 5.02 Å². The number of ether oxygens (including phenoxy) is 2. The first-order valence-electron chi connectivity index (χ1n) is 7.19. The zero-order valence-electron chi connectivity index (χ0n) is 11.9. The third-order valence-electron chi connectivity index (χ3n) is 4.40. The van der Waals surface area contributed by atoms with Gasteiger partial charge in [0.25, 0.3) is 6.29 Å². The number of hydrogen-bond donors (Lipinski definition) is 2. The molecule has 0 saturated carbocycles. The summed E-state index contributed by atoms with van der Waals surface area (Å²) in [7, 11) is 0. The van der Waals surface area contributed by atoms with Crippen LogP contribution >= 0.6 is 11.6 Å². The molecule has 2 unspecified atom stereocenters. The van der Waals surface area contributed by atoms with Crippen LogP contribution in [0.15, 0.2) is 39.7 Å². The Bertz CT molecular complexity index is 1130. The third-order valence-corrected chi connectivity index (χ3v) is 4.70. The standard InChI is InChI=1S/C17H9ClO6/c18-7-1-2-8-12(14(7)19)16(21)13-10(23-8)5-9-11(15(13)20)6-3-4-22-17(6)24-9/h1-6,17,19-20H. The maximum Gasteiger partial charge on any atom is 0.250 e. The first kappa shape index (κ1) is 13.6. The largest absolute Gasteiger partial charge is 0.507 e. The van der Waals surface area contributed by atoms with E-state index in [9.17, 15) is 15.0 Å². The predicted molar refractivity (Wildman–Crippen MR) is 85.7 cm³/mol. The molecule has 2 aromatic carbocycles. The molecule has 24 heavy (non-hydrogen) atoms. The van der Waals surface area contributed by atoms with Crippen molar-refractivity contribution >= 4 is 33.5 Å². The molecule has 2 N–H and O–H groups in total. The Morgan fingerprint density at radius 1 is 1.08 bits per heavy atom. The van der Waals surface area contributed by atoms with Gasteiger partial charge in [-0.05, 0) is 18.2 Å². The Balaban J connectivity index is 1.95. The van der Waals surface area contributed by atoms with Gasteiger partial charge in [-0.25, -0.2) is 0 Å². The first-order valence-corrected chi connectivity index (χ1v) is 7.56. The van der Waals surface area contributed by atoms with Crippen LogP contribution in [0.3, 0.4) is 0 Å². The van der Waals surface area contributed by atoms with E-state index < -0.39 is 11.7 Å². The van der Waals surface area contributed by atoms with Crippen LogP contribution in [0.1, 0.15) is 11.5 Å². The van der Waals surface area contributed by atoms with E-state index in [1.807, 2.05) is 0 Å². The molecule has 120 valence electrons. The van der Waals surface area contributed by atoms with Gasteiger partial charge in [0.2, 0.25) is 5.43 Å². The minimum atomic E-state index is -0.560. The number of rotatable bonds is 0. The molecule has 0 spiro atoms. The first-order chi connectivity index (χ1) is 11.6. The van der Waals surface area contributed by atoms with Crippen LogP contribution in [0, 0.1) is 0 Å². The average molecular weight is 345 g/mol. The fourth-order valence-corrected chi connectivity index (χ4v) is 3.45. The minimum absolute atomic E-state index is 0.0247. The Morgan fingerprint density at radius 2 is 1.88 bits per heavy atom. The highest BCUT2D eigenvalue weighted by atomic mass is 35.5. The molecule has 3 heterocycles. The molecule has 0 radical (unpaired) electrons. The lowest BCUT2D eigenvalue weighted by Gasteiger charge is -2.09. The lowest BCUT2D eigenvalue weighted by Crippen LogP contribution is -2.14. The molecule has 0 bridgehead atoms. The van der Waals surface area contributed by atoms with Crippen molar-refractivity contribution in [2.75, 3.05) is 0 Å². The molecule has 3 aromatic rings. The normalized spacial score (nSPS) is 20.9. The summed E-state index contributed by atoms with van der Waals surface area (Å²) in [5.74, 6) is -0.504. The molecular weight excluding hydrogens is 336 g/mol. The molecule has 7 heteroatoms. The van der Waals surface area contributed by atoms with Crippen molar-refractivity contribution in [3.8, 4) is 17.2 Å². The minimum Gasteiger partial charge on any atom is -0.507 e. The summed E-state index contributed by atoms with van der Waals surface area (Å²) in [6.07, 6.45) is 2.69. The highest BCUT2D eigenvalue weighted by Crippen LogP contribution is 2.49. The second-order valence-electron chi connectivity index (χ2n) is 5.69. The van der Waals surface area contributed by atoms with Crippen molar-refractivity contribution in [1.82, 2.24) is 0 Å². The summed E-state index contributed by atoms with van der Waals surface area (Å²) in [6.45, 7) is 0. The van der Waals surface area contributed by atoms with Gasteiger partial charge in [-0.2, -0.15) is 0 Å². The lowest BCUT2D eigenvalue weighted by atomic mass is 9.97. The Hall–Kier alpha value is -2.86. The van der Waals surface area contributed by atoms with Crippen LogP contribution in [0.5, 0.6) is 17.2 Å². The van der Waals surface area contributed by atoms with Crippen molar-refractivity contribution in [1.29, 1.82) is 0 Å². The Labute approximate surface area is 139 Å². The molecule has 2 aliphatic rings. The number of aromatic hydroxyl groups is 2. The molecule has 0 aliphatic carbocycles. The van der Waals surface area contributed by atoms with Crippen LogP contribution in [-0.2, 0) is 4.74 Å². The lowest BCUT2D eigenvalue weighted by molar-refractivity contribution is -0.00481. The molecule has 0 saturated heterocycles. The van der Waals surface area contributed by atoms with Gasteiger partial charge in [-0.15, -0.1) is 0 Å². The average Bonchev–Trinajstić information content (AvgIpc) is 3.11. The predicted octanol–water partition coefficient (Wildman–Crippen LogP) is 3.36. The quantitative estimate of drug-likeness (QED) is 0.608. The fraction of sp³-hybridized carbons (Fsp3) is 0.118. The molecular formula is C17H9ClO6. The number of fused-ring (bicyclic) bond motifs is 5. The summed E-state index contributed by atoms with van der Waals surface area (Å²) < 4.78 is 16.6. The Kier molecular flexibility index (Phi) is 2.46. The topological polar surface area (TPSA) is 89.1 Å². The Morgan fingerprint density at radius 3 is 2.71 bits per heavy atom. The van der Waals surface area contributed by atoms with Gasteiger partial charge < -0.3 is 24.1 Å². The van der Waals surface area contributed by atoms with E-state index in [-0.39, 0.29) is 44.4 Å². The smallest absolute Gasteiger partial charge is 0.250 e. The number of phenolic OH excluding ortho intramolecular Hbond substituents is 2. The summed E-state index contributed by atoms with van der Waals surface area (Å²) in [6, 6.07) is 4.47. The maximum atomic E-state index is 12.8. The van der Waals surface area contributed by atoms with Crippen LogP contribution < -0.4 is 10.2 Å². The van der Waals surface area contributed by atoms with E-state index in [0.29, 0.717) is 11.3 Å². The molecule has 0 amide bonds. The van der Waals surface area contributed by atoms with Crippen molar-refractivity contribution in [3.63, 3.8) is 0 Å². The van der Waals surface area contributed by atoms with E-state index in [1.54, 1.807) is 12.1 Å². The molecule has 6 nitrogen and oxygen atoms in total. The van der Waals surface area contributed by atoms with E-state index in [1.165, 1.54) is 18.4 Å². The van der Waals surface area contributed by atoms with E-state index in [4.69, 9.17) is 25.5 Å². The molecule has 0 fully saturated rings. The van der Waals surface area contributed by atoms with Crippen LogP contribution in [-0.4, -0.2) is 16.5 Å². The number of phenols is 2. The zero-order chi connectivity index (χ0) is 16.6. The summed E-state index contributed by atoms with van der Waals surface area (Å²) in [5.41, 5.74) is 0.241. The highest BCUT2D eigenvalue weighted by molar-refractivity contribution is 6.33. The number of halogens is 1. The summed E-state index contributed by atoms with van der Waals surface area (Å²) in [4.78, 5) is 12.8. The van der Waals surface area contributed by atoms with Gasteiger partial charge in [0.1, 0.15) is 39.2 Å². The maximum absolute atomic E-state index is 12.8. The monoisotopic (exact) mass is 344 g/mol. The van der Waals surface area contributed by atoms with Crippen LogP contribution in [0.4, 0.5) is 0 Å². The van der Waals surface area contributed by atoms with Gasteiger partial charge in [0.05, 0.1) is 22.8 Å². The zero-order valence-corrected chi connectivity index (χ0v) is 12.7. The van der Waals surface area contributed by atoms with Gasteiger partial charge in [0, 0.05) is 6.07 Å². The van der Waals surface area contributed by atoms with Gasteiger partial charge in [-0.3, -0.25) is 4.79 Å². The van der Waals surface area contributed by atoms with Gasteiger partial charge in [-0.1, -0.05) is 11.6 Å². The SMILES string of the molecule is O=c1c2c(O)c(Cl)ccc2oc2cc3c(c(O)c12)C1C=COC1O3. The summed E-state index contributed by atoms with van der Waals surface area (Å²) in [5, 5.41) is 20.7. The van der Waals surface area contributed by atoms with E-state index in [2.05, 4.69) is 0 Å². The van der Waals surface area contributed by atoms with Gasteiger partial charge in [0.15, 0.2) is 0 Å². The second kappa shape index (κ2) is 4.36. The highest BCUT2D eigenvalue weighted by Gasteiger charge is 2.40. The van der Waals surface area contributed by atoms with Crippen molar-refractivity contribution in [3.05, 3.63) is 51.3 Å². The molecule has 2 aliphatic heterocycles. The molecule has 2 atom stereocenters. The van der Waals surface area contributed by atoms with Gasteiger partial charge >= 0.3 is 0 Å². The summed E-state index contributed by atoms with van der Waals surface area (Å²) >= 11 is 5.88. The van der Waals surface area contributed by atoms with E-state index >= 15 is 0 Å². The van der Waals surface area contributed by atoms with Crippen LogP contribution in [0.25, 0.3) is 21.9 Å². The van der Waals surface area contributed by atoms with Crippen molar-refractivity contribution in [2.24, 2.45) is 0 Å². The molecule has 5 rings (SSSR count). The molecule has 1 aromatic heterocycles.